The minimum absolute atomic E-state index is 0.443. The van der Waals surface area contributed by atoms with Crippen LogP contribution >= 0.6 is 0 Å². The Morgan fingerprint density at radius 3 is 2.23 bits per heavy atom. The molecule has 0 saturated heterocycles. The number of hydrogen-bond donors (Lipinski definition) is 2. The number of aliphatic carboxylic acids is 1. The highest BCUT2D eigenvalue weighted by atomic mass is 16.4. The molecule has 4 heteroatoms. The molecule has 0 radical (unpaired) electrons. The summed E-state index contributed by atoms with van der Waals surface area (Å²) < 4.78 is 0. The van der Waals surface area contributed by atoms with Crippen molar-refractivity contribution in [1.29, 1.82) is 0 Å². The van der Waals surface area contributed by atoms with Crippen molar-refractivity contribution in [1.82, 2.24) is 0 Å². The maximum absolute atomic E-state index is 12.8. The number of carbonyl (C=O) groups excluding carboxylic acids is 1. The van der Waals surface area contributed by atoms with Crippen molar-refractivity contribution in [2.24, 2.45) is 0 Å². The fourth-order valence-corrected chi connectivity index (χ4v) is 2.34. The molecule has 0 aliphatic heterocycles. The third kappa shape index (κ3) is 3.01. The van der Waals surface area contributed by atoms with Crippen molar-refractivity contribution >= 4 is 17.4 Å². The molecule has 2 aromatic rings. The van der Waals surface area contributed by atoms with Crippen molar-refractivity contribution in [3.63, 3.8) is 0 Å². The zero-order chi connectivity index (χ0) is 16.2. The Kier molecular flexibility index (Phi) is 4.61. The first-order valence-electron chi connectivity index (χ1n) is 7.18. The molecule has 0 fully saturated rings. The number of nitrogens with one attached hydrogen (secondary N) is 1. The minimum Gasteiger partial charge on any atom is -0.479 e. The number of aryl methyl sites for hydroxylation is 1. The van der Waals surface area contributed by atoms with Crippen LogP contribution in [0.2, 0.25) is 0 Å². The van der Waals surface area contributed by atoms with Gasteiger partial charge in [-0.3, -0.25) is 4.79 Å². The number of hydrogen-bond acceptors (Lipinski definition) is 3. The summed E-state index contributed by atoms with van der Waals surface area (Å²) >= 11 is 0. The van der Waals surface area contributed by atoms with Gasteiger partial charge in [0.25, 0.3) is 0 Å². The number of para-hydroxylation sites is 1. The minimum atomic E-state index is -1.72. The van der Waals surface area contributed by atoms with Gasteiger partial charge in [0.1, 0.15) is 0 Å². The molecule has 0 heterocycles. The van der Waals surface area contributed by atoms with Crippen molar-refractivity contribution < 1.29 is 14.7 Å². The predicted molar refractivity (Wildman–Crippen MR) is 86.3 cm³/mol. The van der Waals surface area contributed by atoms with E-state index >= 15 is 0 Å². The Balaban J connectivity index is 2.42. The van der Waals surface area contributed by atoms with Crippen LogP contribution in [0.4, 0.5) is 5.69 Å². The van der Waals surface area contributed by atoms with E-state index in [1.54, 1.807) is 36.4 Å². The maximum atomic E-state index is 12.8. The highest BCUT2D eigenvalue weighted by Crippen LogP contribution is 2.23. The van der Waals surface area contributed by atoms with E-state index < -0.39 is 17.3 Å². The standard InChI is InChI=1S/C18H19NO3/c1-3-13-9-7-8-12-15(13)16(20)18(2,17(21)22)19-14-10-5-4-6-11-14/h4-12,19H,3H2,1-2H3,(H,21,22). The Hall–Kier alpha value is -2.62. The van der Waals surface area contributed by atoms with E-state index in [0.29, 0.717) is 17.7 Å². The van der Waals surface area contributed by atoms with Crippen LogP contribution < -0.4 is 5.32 Å². The molecular weight excluding hydrogens is 278 g/mol. The number of carboxylic acids is 1. The number of carboxylic acid groups (broad SMARTS) is 1. The van der Waals surface area contributed by atoms with Gasteiger partial charge in [0.15, 0.2) is 11.3 Å². The lowest BCUT2D eigenvalue weighted by molar-refractivity contribution is -0.139. The van der Waals surface area contributed by atoms with Gasteiger partial charge in [-0.2, -0.15) is 0 Å². The van der Waals surface area contributed by atoms with Crippen LogP contribution in [0.15, 0.2) is 54.6 Å². The molecule has 114 valence electrons. The summed E-state index contributed by atoms with van der Waals surface area (Å²) in [4.78, 5) is 24.6. The van der Waals surface area contributed by atoms with Crippen LogP contribution in [0, 0.1) is 0 Å². The van der Waals surface area contributed by atoms with E-state index in [4.69, 9.17) is 0 Å². The van der Waals surface area contributed by atoms with Gasteiger partial charge in [0.2, 0.25) is 0 Å². The Morgan fingerprint density at radius 2 is 1.64 bits per heavy atom. The van der Waals surface area contributed by atoms with Crippen molar-refractivity contribution in [2.45, 2.75) is 25.8 Å². The van der Waals surface area contributed by atoms with Crippen molar-refractivity contribution in [3.05, 3.63) is 65.7 Å². The smallest absolute Gasteiger partial charge is 0.337 e. The van der Waals surface area contributed by atoms with Crippen LogP contribution in [0.25, 0.3) is 0 Å². The lowest BCUT2D eigenvalue weighted by Crippen LogP contribution is -2.51. The van der Waals surface area contributed by atoms with E-state index in [2.05, 4.69) is 5.32 Å². The van der Waals surface area contributed by atoms with Crippen LogP contribution in [0.1, 0.15) is 29.8 Å². The summed E-state index contributed by atoms with van der Waals surface area (Å²) in [7, 11) is 0. The molecule has 4 nitrogen and oxygen atoms in total. The second-order valence-electron chi connectivity index (χ2n) is 5.26. The van der Waals surface area contributed by atoms with E-state index in [-0.39, 0.29) is 0 Å². The third-order valence-electron chi connectivity index (χ3n) is 3.69. The van der Waals surface area contributed by atoms with Gasteiger partial charge >= 0.3 is 5.97 Å². The average molecular weight is 297 g/mol. The van der Waals surface area contributed by atoms with E-state index in [9.17, 15) is 14.7 Å². The van der Waals surface area contributed by atoms with Gasteiger partial charge in [0.05, 0.1) is 0 Å². The second-order valence-corrected chi connectivity index (χ2v) is 5.26. The number of anilines is 1. The number of benzene rings is 2. The van der Waals surface area contributed by atoms with Gasteiger partial charge < -0.3 is 10.4 Å². The topological polar surface area (TPSA) is 66.4 Å². The Morgan fingerprint density at radius 1 is 1.05 bits per heavy atom. The summed E-state index contributed by atoms with van der Waals surface area (Å²) in [5.74, 6) is -1.64. The Labute approximate surface area is 129 Å². The zero-order valence-corrected chi connectivity index (χ0v) is 12.7. The van der Waals surface area contributed by atoms with Crippen LogP contribution in [0.3, 0.4) is 0 Å². The first kappa shape index (κ1) is 15.8. The number of rotatable bonds is 6. The second kappa shape index (κ2) is 6.43. The van der Waals surface area contributed by atoms with E-state index in [1.807, 2.05) is 25.1 Å². The molecule has 0 aromatic heterocycles. The molecule has 0 aliphatic rings. The summed E-state index contributed by atoms with van der Waals surface area (Å²) in [6, 6.07) is 16.0. The lowest BCUT2D eigenvalue weighted by atomic mass is 9.87. The fourth-order valence-electron chi connectivity index (χ4n) is 2.34. The fraction of sp³-hybridized carbons (Fsp3) is 0.222. The van der Waals surface area contributed by atoms with Gasteiger partial charge in [0, 0.05) is 11.3 Å². The van der Waals surface area contributed by atoms with Crippen LogP contribution in [-0.2, 0) is 11.2 Å². The summed E-state index contributed by atoms with van der Waals surface area (Å²) in [5, 5.41) is 12.5. The monoisotopic (exact) mass is 297 g/mol. The molecule has 0 aliphatic carbocycles. The normalized spacial score (nSPS) is 13.2. The highest BCUT2D eigenvalue weighted by Gasteiger charge is 2.42. The molecular formula is C18H19NO3. The quantitative estimate of drug-likeness (QED) is 0.633. The largest absolute Gasteiger partial charge is 0.479 e. The van der Waals surface area contributed by atoms with Gasteiger partial charge in [-0.1, -0.05) is 49.4 Å². The van der Waals surface area contributed by atoms with Gasteiger partial charge in [-0.25, -0.2) is 4.79 Å². The molecule has 0 saturated carbocycles. The molecule has 1 unspecified atom stereocenters. The van der Waals surface area contributed by atoms with Gasteiger partial charge in [-0.15, -0.1) is 0 Å². The lowest BCUT2D eigenvalue weighted by Gasteiger charge is -2.27. The van der Waals surface area contributed by atoms with E-state index in [1.165, 1.54) is 6.92 Å². The summed E-state index contributed by atoms with van der Waals surface area (Å²) in [6.45, 7) is 3.34. The molecule has 0 bridgehead atoms. The van der Waals surface area contributed by atoms with Crippen molar-refractivity contribution in [3.8, 4) is 0 Å². The molecule has 2 aromatic carbocycles. The van der Waals surface area contributed by atoms with E-state index in [0.717, 1.165) is 5.56 Å². The number of ketones is 1. The maximum Gasteiger partial charge on any atom is 0.337 e. The highest BCUT2D eigenvalue weighted by molar-refractivity contribution is 6.18. The predicted octanol–water partition coefficient (Wildman–Crippen LogP) is 3.39. The summed E-state index contributed by atoms with van der Waals surface area (Å²) in [6.07, 6.45) is 0.670. The first-order valence-corrected chi connectivity index (χ1v) is 7.18. The molecule has 0 amide bonds. The van der Waals surface area contributed by atoms with Crippen LogP contribution in [0.5, 0.6) is 0 Å². The SMILES string of the molecule is CCc1ccccc1C(=O)C(C)(Nc1ccccc1)C(=O)O. The molecule has 2 rings (SSSR count). The first-order chi connectivity index (χ1) is 10.5. The zero-order valence-electron chi connectivity index (χ0n) is 12.7. The molecule has 2 N–H and O–H groups in total. The number of carbonyl (C=O) groups is 2. The summed E-state index contributed by atoms with van der Waals surface area (Å²) in [5.41, 5.74) is 0.162. The average Bonchev–Trinajstić information content (AvgIpc) is 2.54. The molecule has 22 heavy (non-hydrogen) atoms. The van der Waals surface area contributed by atoms with Crippen molar-refractivity contribution in [2.75, 3.05) is 5.32 Å². The Bertz CT molecular complexity index is 682. The van der Waals surface area contributed by atoms with Crippen LogP contribution in [-0.4, -0.2) is 22.4 Å². The third-order valence-corrected chi connectivity index (χ3v) is 3.69. The number of Topliss-reactive ketones (excluding diaryl/α,β-unsaturated/α-hetero) is 1. The molecule has 0 spiro atoms. The van der Waals surface area contributed by atoms with Gasteiger partial charge in [-0.05, 0) is 31.0 Å². The molecule has 1 atom stereocenters.